The van der Waals surface area contributed by atoms with Crippen LogP contribution < -0.4 is 4.74 Å². The molecule has 0 spiro atoms. The summed E-state index contributed by atoms with van der Waals surface area (Å²) in [5.74, 6) is 0.501. The number of alkyl halides is 3. The van der Waals surface area contributed by atoms with Crippen LogP contribution in [-0.4, -0.2) is 28.6 Å². The van der Waals surface area contributed by atoms with Crippen molar-refractivity contribution in [2.75, 3.05) is 6.61 Å². The zero-order chi connectivity index (χ0) is 17.5. The van der Waals surface area contributed by atoms with Crippen LogP contribution in [0.1, 0.15) is 18.2 Å². The Morgan fingerprint density at radius 1 is 1.38 bits per heavy atom. The van der Waals surface area contributed by atoms with E-state index in [1.165, 1.54) is 6.07 Å². The maximum atomic E-state index is 12.4. The molecule has 2 heterocycles. The summed E-state index contributed by atoms with van der Waals surface area (Å²) in [6.07, 6.45) is -3.93. The van der Waals surface area contributed by atoms with Crippen molar-refractivity contribution in [3.63, 3.8) is 0 Å². The SMILES string of the molecule is Cc1cc(-c2nc(Br)c3n2C[C@@H](C)OCC3)ccc1OC(F)(F)F. The highest BCUT2D eigenvalue weighted by Gasteiger charge is 2.32. The van der Waals surface area contributed by atoms with Gasteiger partial charge in [-0.25, -0.2) is 4.98 Å². The Balaban J connectivity index is 2.00. The first-order valence-electron chi connectivity index (χ1n) is 7.48. The van der Waals surface area contributed by atoms with E-state index < -0.39 is 6.36 Å². The Morgan fingerprint density at radius 3 is 2.79 bits per heavy atom. The molecule has 1 aliphatic rings. The van der Waals surface area contributed by atoms with Gasteiger partial charge in [0.2, 0.25) is 0 Å². The molecular weight excluding hydrogens is 389 g/mol. The van der Waals surface area contributed by atoms with E-state index in [1.54, 1.807) is 19.1 Å². The smallest absolute Gasteiger partial charge is 0.406 e. The van der Waals surface area contributed by atoms with E-state index in [0.717, 1.165) is 22.3 Å². The average molecular weight is 405 g/mol. The van der Waals surface area contributed by atoms with E-state index >= 15 is 0 Å². The molecule has 1 atom stereocenters. The zero-order valence-electron chi connectivity index (χ0n) is 13.2. The molecule has 3 rings (SSSR count). The van der Waals surface area contributed by atoms with Gasteiger partial charge < -0.3 is 14.0 Å². The van der Waals surface area contributed by atoms with Gasteiger partial charge in [-0.15, -0.1) is 13.2 Å². The maximum absolute atomic E-state index is 12.4. The summed E-state index contributed by atoms with van der Waals surface area (Å²) in [6, 6.07) is 4.57. The molecule has 1 aromatic heterocycles. The van der Waals surface area contributed by atoms with Crippen molar-refractivity contribution >= 4 is 15.9 Å². The number of ether oxygens (including phenoxy) is 2. The van der Waals surface area contributed by atoms with Gasteiger partial charge in [-0.05, 0) is 53.5 Å². The van der Waals surface area contributed by atoms with Crippen molar-refractivity contribution in [3.8, 4) is 17.1 Å². The molecule has 0 fully saturated rings. The van der Waals surface area contributed by atoms with Gasteiger partial charge in [-0.2, -0.15) is 0 Å². The van der Waals surface area contributed by atoms with Crippen molar-refractivity contribution in [2.24, 2.45) is 0 Å². The highest BCUT2D eigenvalue weighted by molar-refractivity contribution is 9.10. The largest absolute Gasteiger partial charge is 0.573 e. The van der Waals surface area contributed by atoms with Crippen molar-refractivity contribution in [3.05, 3.63) is 34.1 Å². The maximum Gasteiger partial charge on any atom is 0.573 e. The van der Waals surface area contributed by atoms with E-state index in [9.17, 15) is 13.2 Å². The molecule has 0 aliphatic carbocycles. The van der Waals surface area contributed by atoms with Gasteiger partial charge in [0, 0.05) is 12.0 Å². The molecule has 4 nitrogen and oxygen atoms in total. The van der Waals surface area contributed by atoms with Gasteiger partial charge in [-0.3, -0.25) is 0 Å². The van der Waals surface area contributed by atoms with E-state index in [2.05, 4.69) is 30.2 Å². The van der Waals surface area contributed by atoms with Crippen molar-refractivity contribution in [1.29, 1.82) is 0 Å². The first kappa shape index (κ1) is 17.3. The quantitative estimate of drug-likeness (QED) is 0.740. The zero-order valence-corrected chi connectivity index (χ0v) is 14.7. The van der Waals surface area contributed by atoms with Crippen LogP contribution >= 0.6 is 15.9 Å². The number of halogens is 4. The van der Waals surface area contributed by atoms with Crippen molar-refractivity contribution < 1.29 is 22.6 Å². The number of aromatic nitrogens is 2. The van der Waals surface area contributed by atoms with Crippen LogP contribution in [0.4, 0.5) is 13.2 Å². The minimum absolute atomic E-state index is 0.0417. The van der Waals surface area contributed by atoms with Crippen LogP contribution in [-0.2, 0) is 17.7 Å². The summed E-state index contributed by atoms with van der Waals surface area (Å²) in [4.78, 5) is 4.55. The Hall–Kier alpha value is -1.54. The fourth-order valence-corrected chi connectivity index (χ4v) is 3.39. The number of rotatable bonds is 2. The lowest BCUT2D eigenvalue weighted by atomic mass is 10.1. The van der Waals surface area contributed by atoms with Crippen LogP contribution in [0.5, 0.6) is 5.75 Å². The predicted octanol–water partition coefficient (Wildman–Crippen LogP) is 4.48. The number of hydrogen-bond donors (Lipinski definition) is 0. The number of aryl methyl sites for hydroxylation is 1. The Morgan fingerprint density at radius 2 is 2.12 bits per heavy atom. The summed E-state index contributed by atoms with van der Waals surface area (Å²) < 4.78 is 49.7. The number of benzene rings is 1. The van der Waals surface area contributed by atoms with Crippen LogP contribution in [0.3, 0.4) is 0 Å². The molecule has 0 unspecified atom stereocenters. The second kappa shape index (κ2) is 6.40. The molecule has 8 heteroatoms. The molecule has 0 radical (unpaired) electrons. The number of imidazole rings is 1. The highest BCUT2D eigenvalue weighted by atomic mass is 79.9. The van der Waals surface area contributed by atoms with E-state index in [0.29, 0.717) is 24.5 Å². The molecule has 1 aliphatic heterocycles. The molecule has 0 amide bonds. The molecule has 2 aromatic rings. The second-order valence-corrected chi connectivity index (χ2v) is 6.49. The van der Waals surface area contributed by atoms with Gasteiger partial charge in [0.15, 0.2) is 0 Å². The summed E-state index contributed by atoms with van der Waals surface area (Å²) in [6.45, 7) is 4.82. The lowest BCUT2D eigenvalue weighted by Crippen LogP contribution is -2.17. The third-order valence-electron chi connectivity index (χ3n) is 3.86. The lowest BCUT2D eigenvalue weighted by Gasteiger charge is -2.15. The van der Waals surface area contributed by atoms with E-state index in [1.807, 2.05) is 6.92 Å². The monoisotopic (exact) mass is 404 g/mol. The molecule has 0 bridgehead atoms. The number of fused-ring (bicyclic) bond motifs is 1. The minimum Gasteiger partial charge on any atom is -0.406 e. The molecule has 24 heavy (non-hydrogen) atoms. The fourth-order valence-electron chi connectivity index (χ4n) is 2.81. The highest BCUT2D eigenvalue weighted by Crippen LogP contribution is 2.32. The van der Waals surface area contributed by atoms with E-state index in [-0.39, 0.29) is 11.9 Å². The summed E-state index contributed by atoms with van der Waals surface area (Å²) in [5.41, 5.74) is 2.17. The summed E-state index contributed by atoms with van der Waals surface area (Å²) >= 11 is 3.47. The molecule has 1 aromatic carbocycles. The lowest BCUT2D eigenvalue weighted by molar-refractivity contribution is -0.274. The number of nitrogens with zero attached hydrogens (tertiary/aromatic N) is 2. The molecule has 0 N–H and O–H groups in total. The first-order chi connectivity index (χ1) is 11.2. The van der Waals surface area contributed by atoms with Gasteiger partial charge in [-0.1, -0.05) is 0 Å². The Kier molecular flexibility index (Phi) is 4.61. The van der Waals surface area contributed by atoms with Crippen LogP contribution in [0, 0.1) is 6.92 Å². The minimum atomic E-state index is -4.70. The second-order valence-electron chi connectivity index (χ2n) is 5.74. The molecular formula is C16H16BrF3N2O2. The summed E-state index contributed by atoms with van der Waals surface area (Å²) in [7, 11) is 0. The van der Waals surface area contributed by atoms with Gasteiger partial charge in [0.1, 0.15) is 16.2 Å². The predicted molar refractivity (Wildman–Crippen MR) is 85.9 cm³/mol. The third kappa shape index (κ3) is 3.59. The van der Waals surface area contributed by atoms with Crippen molar-refractivity contribution in [2.45, 2.75) is 39.3 Å². The average Bonchev–Trinajstić information content (AvgIpc) is 2.66. The standard InChI is InChI=1S/C16H16BrF3N2O2/c1-9-7-11(3-4-13(9)24-16(18,19)20)15-21-14(17)12-5-6-23-10(2)8-22(12)15/h3-4,7,10H,5-6,8H2,1-2H3/t10-/m1/s1. The Labute approximate surface area is 145 Å². The fraction of sp³-hybridized carbons (Fsp3) is 0.438. The van der Waals surface area contributed by atoms with Gasteiger partial charge in [0.25, 0.3) is 0 Å². The van der Waals surface area contributed by atoms with Crippen molar-refractivity contribution in [1.82, 2.24) is 9.55 Å². The molecule has 130 valence electrons. The Bertz CT molecular complexity index is 759. The van der Waals surface area contributed by atoms with Crippen LogP contribution in [0.15, 0.2) is 22.8 Å². The topological polar surface area (TPSA) is 36.3 Å². The van der Waals surface area contributed by atoms with Gasteiger partial charge in [0.05, 0.1) is 24.9 Å². The molecule has 0 saturated heterocycles. The van der Waals surface area contributed by atoms with E-state index in [4.69, 9.17) is 4.74 Å². The molecule has 0 saturated carbocycles. The first-order valence-corrected chi connectivity index (χ1v) is 8.27. The summed E-state index contributed by atoms with van der Waals surface area (Å²) in [5, 5.41) is 0. The van der Waals surface area contributed by atoms with Gasteiger partial charge >= 0.3 is 6.36 Å². The number of hydrogen-bond acceptors (Lipinski definition) is 3. The van der Waals surface area contributed by atoms with Crippen LogP contribution in [0.2, 0.25) is 0 Å². The van der Waals surface area contributed by atoms with Crippen LogP contribution in [0.25, 0.3) is 11.4 Å². The normalized spacial score (nSPS) is 18.2. The third-order valence-corrected chi connectivity index (χ3v) is 4.50.